The second-order valence-electron chi connectivity index (χ2n) is 4.04. The lowest BCUT2D eigenvalue weighted by Crippen LogP contribution is -2.50. The minimum atomic E-state index is 0.0178. The van der Waals surface area contributed by atoms with Gasteiger partial charge in [-0.1, -0.05) is 0 Å². The molecule has 1 aromatic heterocycles. The Kier molecular flexibility index (Phi) is 3.90. The minimum absolute atomic E-state index is 0.0178. The molecule has 0 spiro atoms. The third kappa shape index (κ3) is 2.59. The van der Waals surface area contributed by atoms with Crippen LogP contribution in [-0.4, -0.2) is 42.0 Å². The van der Waals surface area contributed by atoms with E-state index in [1.54, 1.807) is 11.3 Å². The molecule has 1 aromatic rings. The van der Waals surface area contributed by atoms with E-state index in [1.807, 2.05) is 22.8 Å². The van der Waals surface area contributed by atoms with E-state index in [0.29, 0.717) is 0 Å². The van der Waals surface area contributed by atoms with Gasteiger partial charge in [0, 0.05) is 24.9 Å². The number of piperidine rings is 1. The molecule has 2 rings (SSSR count). The molecule has 1 fully saturated rings. The summed E-state index contributed by atoms with van der Waals surface area (Å²) in [5, 5.41) is 5.12. The smallest absolute Gasteiger partial charge is 0.239 e. The number of likely N-dealkylation sites (tertiary alicyclic amines) is 1. The maximum Gasteiger partial charge on any atom is 0.239 e. The van der Waals surface area contributed by atoms with Crippen molar-refractivity contribution in [1.29, 1.82) is 0 Å². The zero-order valence-corrected chi connectivity index (χ0v) is 10.3. The average Bonchev–Trinajstić information content (AvgIpc) is 2.81. The van der Waals surface area contributed by atoms with E-state index < -0.39 is 0 Å². The van der Waals surface area contributed by atoms with Crippen molar-refractivity contribution in [3.8, 4) is 0 Å². The zero-order valence-electron chi connectivity index (χ0n) is 9.48. The van der Waals surface area contributed by atoms with Crippen LogP contribution in [0.15, 0.2) is 10.9 Å². The molecular formula is C11H17N3OS. The molecule has 1 saturated heterocycles. The molecule has 1 N–H and O–H groups in total. The summed E-state index contributed by atoms with van der Waals surface area (Å²) in [4.78, 5) is 18.1. The summed E-state index contributed by atoms with van der Waals surface area (Å²) in [5.74, 6) is 0.240. The molecule has 0 aromatic carbocycles. The van der Waals surface area contributed by atoms with Gasteiger partial charge in [-0.05, 0) is 19.9 Å². The fourth-order valence-electron chi connectivity index (χ4n) is 2.04. The van der Waals surface area contributed by atoms with Crippen LogP contribution in [-0.2, 0) is 11.2 Å². The number of thiazole rings is 1. The Morgan fingerprint density at radius 3 is 3.25 bits per heavy atom. The molecule has 16 heavy (non-hydrogen) atoms. The molecule has 1 atom stereocenters. The van der Waals surface area contributed by atoms with Crippen molar-refractivity contribution in [2.75, 3.05) is 20.1 Å². The Labute approximate surface area is 99.7 Å². The molecule has 4 nitrogen and oxygen atoms in total. The Hall–Kier alpha value is -0.940. The predicted octanol–water partition coefficient (Wildman–Crippen LogP) is 0.896. The standard InChI is InChI=1S/C11H17N3OS/c1-12-10-3-2-5-14(11(10)15)6-4-9-7-16-8-13-9/h7-8,10,12H,2-6H2,1H3. The first-order chi connectivity index (χ1) is 7.81. The first-order valence-electron chi connectivity index (χ1n) is 5.64. The van der Waals surface area contributed by atoms with Crippen LogP contribution < -0.4 is 5.32 Å². The van der Waals surface area contributed by atoms with Gasteiger partial charge >= 0.3 is 0 Å². The van der Waals surface area contributed by atoms with Crippen LogP contribution in [0.25, 0.3) is 0 Å². The summed E-state index contributed by atoms with van der Waals surface area (Å²) in [5.41, 5.74) is 2.92. The largest absolute Gasteiger partial charge is 0.341 e. The van der Waals surface area contributed by atoms with Gasteiger partial charge in [0.25, 0.3) is 0 Å². The van der Waals surface area contributed by atoms with Crippen LogP contribution in [0.5, 0.6) is 0 Å². The lowest BCUT2D eigenvalue weighted by molar-refractivity contribution is -0.135. The number of carbonyl (C=O) groups excluding carboxylic acids is 1. The van der Waals surface area contributed by atoms with Crippen molar-refractivity contribution < 1.29 is 4.79 Å². The van der Waals surface area contributed by atoms with Crippen molar-refractivity contribution in [2.24, 2.45) is 0 Å². The minimum Gasteiger partial charge on any atom is -0.341 e. The molecule has 0 bridgehead atoms. The van der Waals surface area contributed by atoms with Crippen LogP contribution in [0.4, 0.5) is 0 Å². The molecule has 1 amide bonds. The third-order valence-corrected chi connectivity index (χ3v) is 3.64. The summed E-state index contributed by atoms with van der Waals surface area (Å²) in [6.45, 7) is 1.68. The molecule has 2 heterocycles. The second kappa shape index (κ2) is 5.41. The number of hydrogen-bond acceptors (Lipinski definition) is 4. The predicted molar refractivity (Wildman–Crippen MR) is 64.5 cm³/mol. The van der Waals surface area contributed by atoms with E-state index >= 15 is 0 Å². The number of carbonyl (C=O) groups is 1. The zero-order chi connectivity index (χ0) is 11.4. The quantitative estimate of drug-likeness (QED) is 0.849. The summed E-state index contributed by atoms with van der Waals surface area (Å²) >= 11 is 1.61. The highest BCUT2D eigenvalue weighted by molar-refractivity contribution is 7.07. The van der Waals surface area contributed by atoms with Gasteiger partial charge in [0.2, 0.25) is 5.91 Å². The van der Waals surface area contributed by atoms with E-state index in [9.17, 15) is 4.79 Å². The van der Waals surface area contributed by atoms with Gasteiger partial charge in [-0.3, -0.25) is 4.79 Å². The molecule has 0 aliphatic carbocycles. The van der Waals surface area contributed by atoms with Crippen molar-refractivity contribution in [2.45, 2.75) is 25.3 Å². The highest BCUT2D eigenvalue weighted by Crippen LogP contribution is 2.12. The van der Waals surface area contributed by atoms with Gasteiger partial charge in [0.1, 0.15) is 0 Å². The molecule has 88 valence electrons. The molecule has 1 aliphatic heterocycles. The van der Waals surface area contributed by atoms with Gasteiger partial charge in [-0.15, -0.1) is 11.3 Å². The summed E-state index contributed by atoms with van der Waals surface area (Å²) in [6.07, 6.45) is 2.92. The normalized spacial score (nSPS) is 21.4. The monoisotopic (exact) mass is 239 g/mol. The number of amides is 1. The fourth-order valence-corrected chi connectivity index (χ4v) is 2.63. The van der Waals surface area contributed by atoms with Crippen LogP contribution in [0.2, 0.25) is 0 Å². The fraction of sp³-hybridized carbons (Fsp3) is 0.636. The van der Waals surface area contributed by atoms with Gasteiger partial charge < -0.3 is 10.2 Å². The number of aromatic nitrogens is 1. The maximum absolute atomic E-state index is 12.0. The molecular weight excluding hydrogens is 222 g/mol. The Balaban J connectivity index is 1.87. The highest BCUT2D eigenvalue weighted by atomic mass is 32.1. The molecule has 1 aliphatic rings. The van der Waals surface area contributed by atoms with E-state index in [-0.39, 0.29) is 11.9 Å². The number of rotatable bonds is 4. The third-order valence-electron chi connectivity index (χ3n) is 3.00. The molecule has 0 radical (unpaired) electrons. The van der Waals surface area contributed by atoms with Crippen molar-refractivity contribution >= 4 is 17.2 Å². The first kappa shape index (κ1) is 11.5. The Morgan fingerprint density at radius 2 is 2.56 bits per heavy atom. The van der Waals surface area contributed by atoms with Gasteiger partial charge in [-0.25, -0.2) is 4.98 Å². The van der Waals surface area contributed by atoms with Crippen LogP contribution in [0.1, 0.15) is 18.5 Å². The summed E-state index contributed by atoms with van der Waals surface area (Å²) in [6, 6.07) is 0.0178. The Morgan fingerprint density at radius 1 is 1.69 bits per heavy atom. The second-order valence-corrected chi connectivity index (χ2v) is 4.76. The number of hydrogen-bond donors (Lipinski definition) is 1. The number of likely N-dealkylation sites (N-methyl/N-ethyl adjacent to an activating group) is 1. The lowest BCUT2D eigenvalue weighted by Gasteiger charge is -2.31. The van der Waals surface area contributed by atoms with Crippen LogP contribution in [0, 0.1) is 0 Å². The topological polar surface area (TPSA) is 45.2 Å². The summed E-state index contributed by atoms with van der Waals surface area (Å²) < 4.78 is 0. The molecule has 1 unspecified atom stereocenters. The Bertz CT molecular complexity index is 339. The van der Waals surface area contributed by atoms with E-state index in [1.165, 1.54) is 0 Å². The average molecular weight is 239 g/mol. The number of nitrogens with one attached hydrogen (secondary N) is 1. The van der Waals surface area contributed by atoms with Crippen LogP contribution >= 0.6 is 11.3 Å². The maximum atomic E-state index is 12.0. The number of nitrogens with zero attached hydrogens (tertiary/aromatic N) is 2. The van der Waals surface area contributed by atoms with Crippen molar-refractivity contribution in [1.82, 2.24) is 15.2 Å². The summed E-state index contributed by atoms with van der Waals surface area (Å²) in [7, 11) is 1.85. The first-order valence-corrected chi connectivity index (χ1v) is 6.58. The van der Waals surface area contributed by atoms with E-state index in [4.69, 9.17) is 0 Å². The van der Waals surface area contributed by atoms with Crippen molar-refractivity contribution in [3.63, 3.8) is 0 Å². The molecule has 0 saturated carbocycles. The highest BCUT2D eigenvalue weighted by Gasteiger charge is 2.26. The van der Waals surface area contributed by atoms with Crippen molar-refractivity contribution in [3.05, 3.63) is 16.6 Å². The lowest BCUT2D eigenvalue weighted by atomic mass is 10.0. The van der Waals surface area contributed by atoms with Crippen LogP contribution in [0.3, 0.4) is 0 Å². The van der Waals surface area contributed by atoms with E-state index in [0.717, 1.165) is 38.0 Å². The molecule has 5 heteroatoms. The SMILES string of the molecule is CNC1CCCN(CCc2cscn2)C1=O. The van der Waals surface area contributed by atoms with Gasteiger partial charge in [-0.2, -0.15) is 0 Å². The van der Waals surface area contributed by atoms with Gasteiger partial charge in [0.15, 0.2) is 0 Å². The van der Waals surface area contributed by atoms with Gasteiger partial charge in [0.05, 0.1) is 17.2 Å². The van der Waals surface area contributed by atoms with E-state index in [2.05, 4.69) is 10.3 Å².